The van der Waals surface area contributed by atoms with Gasteiger partial charge in [-0.2, -0.15) is 0 Å². The van der Waals surface area contributed by atoms with E-state index < -0.39 is 0 Å². The Morgan fingerprint density at radius 2 is 1.54 bits per heavy atom. The molecule has 1 saturated heterocycles. The van der Waals surface area contributed by atoms with Gasteiger partial charge in [0.25, 0.3) is 5.91 Å². The molecule has 4 nitrogen and oxygen atoms in total. The van der Waals surface area contributed by atoms with Crippen molar-refractivity contribution in [3.63, 3.8) is 0 Å². The highest BCUT2D eigenvalue weighted by Crippen LogP contribution is 2.22. The Labute approximate surface area is 143 Å². The molecule has 0 bridgehead atoms. The zero-order valence-corrected chi connectivity index (χ0v) is 14.1. The minimum absolute atomic E-state index is 0.111. The molecule has 3 rings (SSSR count). The Kier molecular flexibility index (Phi) is 5.36. The summed E-state index contributed by atoms with van der Waals surface area (Å²) in [5.41, 5.74) is 2.67. The van der Waals surface area contributed by atoms with Crippen molar-refractivity contribution in [3.8, 4) is 5.75 Å². The van der Waals surface area contributed by atoms with Gasteiger partial charge in [0.05, 0.1) is 7.11 Å². The third kappa shape index (κ3) is 4.07. The van der Waals surface area contributed by atoms with Gasteiger partial charge in [-0.1, -0.05) is 12.8 Å². The molecule has 0 radical (unpaired) electrons. The number of rotatable bonds is 4. The number of nitrogens with one attached hydrogen (secondary N) is 1. The number of nitrogens with zero attached hydrogens (tertiary/aromatic N) is 1. The van der Waals surface area contributed by atoms with Crippen LogP contribution in [-0.2, 0) is 0 Å². The summed E-state index contributed by atoms with van der Waals surface area (Å²) in [6.07, 6.45) is 5.17. The maximum absolute atomic E-state index is 12.3. The summed E-state index contributed by atoms with van der Waals surface area (Å²) < 4.78 is 5.11. The molecule has 2 aromatic rings. The molecule has 0 saturated carbocycles. The average Bonchev–Trinajstić information content (AvgIpc) is 2.92. The number of hydrogen-bond acceptors (Lipinski definition) is 3. The van der Waals surface area contributed by atoms with E-state index in [1.807, 2.05) is 12.1 Å². The van der Waals surface area contributed by atoms with Crippen LogP contribution >= 0.6 is 0 Å². The Morgan fingerprint density at radius 1 is 0.917 bits per heavy atom. The summed E-state index contributed by atoms with van der Waals surface area (Å²) in [6.45, 7) is 2.25. The SMILES string of the molecule is COc1ccc(C(=O)Nc2ccc(N3CCCCCC3)cc2)cc1. The summed E-state index contributed by atoms with van der Waals surface area (Å²) >= 11 is 0. The van der Waals surface area contributed by atoms with Gasteiger partial charge in [-0.25, -0.2) is 0 Å². The van der Waals surface area contributed by atoms with Crippen molar-refractivity contribution in [2.24, 2.45) is 0 Å². The van der Waals surface area contributed by atoms with Crippen molar-refractivity contribution in [2.45, 2.75) is 25.7 Å². The van der Waals surface area contributed by atoms with Crippen molar-refractivity contribution < 1.29 is 9.53 Å². The van der Waals surface area contributed by atoms with Crippen molar-refractivity contribution in [1.82, 2.24) is 0 Å². The van der Waals surface area contributed by atoms with Crippen LogP contribution in [0.25, 0.3) is 0 Å². The molecule has 2 aromatic carbocycles. The molecule has 0 spiro atoms. The maximum Gasteiger partial charge on any atom is 0.255 e. The highest BCUT2D eigenvalue weighted by atomic mass is 16.5. The third-order valence-corrected chi connectivity index (χ3v) is 4.45. The van der Waals surface area contributed by atoms with E-state index in [0.29, 0.717) is 5.56 Å². The summed E-state index contributed by atoms with van der Waals surface area (Å²) in [7, 11) is 1.61. The van der Waals surface area contributed by atoms with E-state index in [0.717, 1.165) is 24.5 Å². The minimum Gasteiger partial charge on any atom is -0.497 e. The van der Waals surface area contributed by atoms with Crippen LogP contribution < -0.4 is 15.0 Å². The van der Waals surface area contributed by atoms with E-state index in [4.69, 9.17) is 4.74 Å². The fourth-order valence-corrected chi connectivity index (χ4v) is 3.03. The predicted octanol–water partition coefficient (Wildman–Crippen LogP) is 4.33. The lowest BCUT2D eigenvalue weighted by Crippen LogP contribution is -2.23. The number of benzene rings is 2. The molecule has 0 atom stereocenters. The number of amides is 1. The van der Waals surface area contributed by atoms with E-state index in [2.05, 4.69) is 22.3 Å². The molecule has 24 heavy (non-hydrogen) atoms. The van der Waals surface area contributed by atoms with Crippen LogP contribution in [0.2, 0.25) is 0 Å². The topological polar surface area (TPSA) is 41.6 Å². The zero-order chi connectivity index (χ0) is 16.8. The van der Waals surface area contributed by atoms with Crippen LogP contribution in [0.15, 0.2) is 48.5 Å². The summed E-state index contributed by atoms with van der Waals surface area (Å²) in [5, 5.41) is 2.94. The lowest BCUT2D eigenvalue weighted by atomic mass is 10.2. The minimum atomic E-state index is -0.111. The van der Waals surface area contributed by atoms with Gasteiger partial charge in [0.1, 0.15) is 5.75 Å². The number of ether oxygens (including phenoxy) is 1. The van der Waals surface area contributed by atoms with Gasteiger partial charge in [0, 0.05) is 30.0 Å². The third-order valence-electron chi connectivity index (χ3n) is 4.45. The smallest absolute Gasteiger partial charge is 0.255 e. The molecule has 0 unspecified atom stereocenters. The molecule has 4 heteroatoms. The van der Waals surface area contributed by atoms with Gasteiger partial charge in [0.15, 0.2) is 0 Å². The lowest BCUT2D eigenvalue weighted by molar-refractivity contribution is 0.102. The number of carbonyl (C=O) groups excluding carboxylic acids is 1. The van der Waals surface area contributed by atoms with Crippen molar-refractivity contribution >= 4 is 17.3 Å². The number of carbonyl (C=O) groups is 1. The van der Waals surface area contributed by atoms with Gasteiger partial charge in [-0.15, -0.1) is 0 Å². The highest BCUT2D eigenvalue weighted by Gasteiger charge is 2.10. The van der Waals surface area contributed by atoms with Crippen LogP contribution in [0.5, 0.6) is 5.75 Å². The monoisotopic (exact) mass is 324 g/mol. The van der Waals surface area contributed by atoms with Gasteiger partial charge in [-0.3, -0.25) is 4.79 Å². The number of methoxy groups -OCH3 is 1. The number of anilines is 2. The van der Waals surface area contributed by atoms with E-state index in [-0.39, 0.29) is 5.91 Å². The molecule has 0 aliphatic carbocycles. The number of hydrogen-bond donors (Lipinski definition) is 1. The molecule has 1 heterocycles. The summed E-state index contributed by atoms with van der Waals surface area (Å²) in [6, 6.07) is 15.2. The van der Waals surface area contributed by atoms with Crippen LogP contribution in [-0.4, -0.2) is 26.1 Å². The Hall–Kier alpha value is -2.49. The quantitative estimate of drug-likeness (QED) is 0.910. The first kappa shape index (κ1) is 16.4. The first-order chi connectivity index (χ1) is 11.8. The van der Waals surface area contributed by atoms with Crippen LogP contribution in [0, 0.1) is 0 Å². The van der Waals surface area contributed by atoms with E-state index in [9.17, 15) is 4.79 Å². The van der Waals surface area contributed by atoms with E-state index in [1.165, 1.54) is 31.4 Å². The van der Waals surface area contributed by atoms with Gasteiger partial charge < -0.3 is 15.0 Å². The molecular formula is C20H24N2O2. The first-order valence-electron chi connectivity index (χ1n) is 8.57. The Balaban J connectivity index is 1.63. The van der Waals surface area contributed by atoms with Crippen LogP contribution in [0.1, 0.15) is 36.0 Å². The lowest BCUT2D eigenvalue weighted by Gasteiger charge is -2.22. The summed E-state index contributed by atoms with van der Waals surface area (Å²) in [4.78, 5) is 14.7. The molecule has 126 valence electrons. The molecular weight excluding hydrogens is 300 g/mol. The van der Waals surface area contributed by atoms with Crippen molar-refractivity contribution in [3.05, 3.63) is 54.1 Å². The molecule has 0 aromatic heterocycles. The normalized spacial score (nSPS) is 14.8. The van der Waals surface area contributed by atoms with Gasteiger partial charge >= 0.3 is 0 Å². The second kappa shape index (κ2) is 7.86. The van der Waals surface area contributed by atoms with E-state index >= 15 is 0 Å². The van der Waals surface area contributed by atoms with Crippen molar-refractivity contribution in [2.75, 3.05) is 30.4 Å². The van der Waals surface area contributed by atoms with Crippen molar-refractivity contribution in [1.29, 1.82) is 0 Å². The largest absolute Gasteiger partial charge is 0.497 e. The van der Waals surface area contributed by atoms with Crippen LogP contribution in [0.4, 0.5) is 11.4 Å². The second-order valence-electron chi connectivity index (χ2n) is 6.13. The molecule has 1 aliphatic heterocycles. The van der Waals surface area contributed by atoms with Crippen LogP contribution in [0.3, 0.4) is 0 Å². The first-order valence-corrected chi connectivity index (χ1v) is 8.57. The Morgan fingerprint density at radius 3 is 2.12 bits per heavy atom. The maximum atomic E-state index is 12.3. The summed E-state index contributed by atoms with van der Waals surface area (Å²) in [5.74, 6) is 0.633. The molecule has 1 amide bonds. The van der Waals surface area contributed by atoms with Gasteiger partial charge in [0.2, 0.25) is 0 Å². The molecule has 1 fully saturated rings. The second-order valence-corrected chi connectivity index (χ2v) is 6.13. The zero-order valence-electron chi connectivity index (χ0n) is 14.1. The fraction of sp³-hybridized carbons (Fsp3) is 0.350. The standard InChI is InChI=1S/C20H24N2O2/c1-24-19-12-6-16(7-13-19)20(23)21-17-8-10-18(11-9-17)22-14-4-2-3-5-15-22/h6-13H,2-5,14-15H2,1H3,(H,21,23). The average molecular weight is 324 g/mol. The van der Waals surface area contributed by atoms with E-state index in [1.54, 1.807) is 31.4 Å². The highest BCUT2D eigenvalue weighted by molar-refractivity contribution is 6.04. The molecule has 1 N–H and O–H groups in total. The Bertz CT molecular complexity index is 657. The van der Waals surface area contributed by atoms with Gasteiger partial charge in [-0.05, 0) is 61.4 Å². The predicted molar refractivity (Wildman–Crippen MR) is 98.1 cm³/mol. The fourth-order valence-electron chi connectivity index (χ4n) is 3.03. The molecule has 1 aliphatic rings.